The van der Waals surface area contributed by atoms with E-state index in [9.17, 15) is 0 Å². The predicted octanol–water partition coefficient (Wildman–Crippen LogP) is 8.44. The molecule has 0 saturated carbocycles. The smallest absolute Gasteiger partial charge is 0.140 e. The molecule has 0 aliphatic heterocycles. The molecule has 0 heterocycles. The highest BCUT2D eigenvalue weighted by Gasteiger charge is 2.61. The molecule has 0 atom stereocenters. The summed E-state index contributed by atoms with van der Waals surface area (Å²) in [6.45, 7) is -6.50. The van der Waals surface area contributed by atoms with Gasteiger partial charge in [-0.1, -0.05) is 84.2 Å². The maximum atomic E-state index is 6.73. The lowest BCUT2D eigenvalue weighted by molar-refractivity contribution is 1.65. The van der Waals surface area contributed by atoms with Gasteiger partial charge in [0.1, 0.15) is 0 Å². The third-order valence-electron chi connectivity index (χ3n) is 3.69. The van der Waals surface area contributed by atoms with Gasteiger partial charge in [-0.25, -0.2) is 0 Å². The fraction of sp³-hybridized carbons (Fsp3) is 0.0588. The lowest BCUT2D eigenvalue weighted by atomic mass is 10.2. The third-order valence-corrected chi connectivity index (χ3v) is 29.0. The quantitative estimate of drug-likeness (QED) is 0.239. The van der Waals surface area contributed by atoms with Crippen LogP contribution >= 0.6 is 77.6 Å². The van der Waals surface area contributed by atoms with Gasteiger partial charge in [-0.2, -0.15) is 0 Å². The van der Waals surface area contributed by atoms with Crippen molar-refractivity contribution in [3.63, 3.8) is 0 Å². The molecular formula is C17H15Cl7Si3. The molecule has 0 aliphatic carbocycles. The normalized spacial score (nSPS) is 14.8. The lowest BCUT2D eigenvalue weighted by Crippen LogP contribution is -2.49. The van der Waals surface area contributed by atoms with Gasteiger partial charge >= 0.3 is 6.00 Å². The van der Waals surface area contributed by atoms with Crippen LogP contribution in [0.15, 0.2) is 72.1 Å². The van der Waals surface area contributed by atoms with Crippen LogP contribution in [0.2, 0.25) is 4.79 Å². The Bertz CT molecular complexity index is 726. The van der Waals surface area contributed by atoms with Crippen LogP contribution in [0.3, 0.4) is 0 Å². The minimum absolute atomic E-state index is 0.755. The molecule has 10 heteroatoms. The van der Waals surface area contributed by atoms with E-state index >= 15 is 0 Å². The molecular weight excluding hydrogens is 537 g/mol. The average Bonchev–Trinajstić information content (AvgIpc) is 2.58. The summed E-state index contributed by atoms with van der Waals surface area (Å²) in [5, 5.41) is 0. The highest BCUT2D eigenvalue weighted by molar-refractivity contribution is 7.77. The third kappa shape index (κ3) is 7.41. The maximum Gasteiger partial charge on any atom is 0.344 e. The topological polar surface area (TPSA) is 0 Å². The van der Waals surface area contributed by atoms with Crippen molar-refractivity contribution in [2.75, 3.05) is 0 Å². The molecule has 0 N–H and O–H groups in total. The van der Waals surface area contributed by atoms with Crippen molar-refractivity contribution in [2.24, 2.45) is 0 Å². The summed E-state index contributed by atoms with van der Waals surface area (Å²) >= 11 is 46.0. The van der Waals surface area contributed by atoms with E-state index in [0.29, 0.717) is 0 Å². The minimum Gasteiger partial charge on any atom is -0.140 e. The molecule has 27 heavy (non-hydrogen) atoms. The highest BCUT2D eigenvalue weighted by atomic mass is 35.8. The largest absolute Gasteiger partial charge is 0.344 e. The van der Waals surface area contributed by atoms with Gasteiger partial charge in [0, 0.05) is 4.79 Å². The molecule has 0 aromatic heterocycles. The van der Waals surface area contributed by atoms with Gasteiger partial charge in [-0.05, 0) is 11.1 Å². The summed E-state index contributed by atoms with van der Waals surface area (Å²) in [6, 6.07) is 15.8. The van der Waals surface area contributed by atoms with Crippen molar-refractivity contribution in [1.29, 1.82) is 0 Å². The van der Waals surface area contributed by atoms with Crippen LogP contribution in [0.5, 0.6) is 0 Å². The van der Waals surface area contributed by atoms with Crippen molar-refractivity contribution in [3.05, 3.63) is 83.2 Å². The Hall–Kier alpha value is 0.601. The van der Waals surface area contributed by atoms with Gasteiger partial charge in [-0.3, -0.25) is 0 Å². The Balaban J connectivity index is 2.35. The highest BCUT2D eigenvalue weighted by Crippen LogP contribution is 2.53. The fourth-order valence-electron chi connectivity index (χ4n) is 2.43. The zero-order valence-electron chi connectivity index (χ0n) is 13.8. The molecule has 2 aromatic rings. The van der Waals surface area contributed by atoms with Gasteiger partial charge < -0.3 is 0 Å². The van der Waals surface area contributed by atoms with E-state index in [0.717, 1.165) is 11.1 Å². The van der Waals surface area contributed by atoms with E-state index in [2.05, 4.69) is 0 Å². The summed E-state index contributed by atoms with van der Waals surface area (Å²) in [5.74, 6) is 0. The van der Waals surface area contributed by atoms with E-state index in [-0.39, 0.29) is 0 Å². The predicted molar refractivity (Wildman–Crippen MR) is 133 cm³/mol. The molecule has 0 spiro atoms. The van der Waals surface area contributed by atoms with Crippen LogP contribution < -0.4 is 0 Å². The van der Waals surface area contributed by atoms with E-state index in [1.807, 2.05) is 72.8 Å². The second kappa shape index (κ2) is 10.1. The van der Waals surface area contributed by atoms with Gasteiger partial charge in [-0.15, -0.1) is 77.6 Å². The van der Waals surface area contributed by atoms with Gasteiger partial charge in [0.15, 0.2) is 0 Å². The van der Waals surface area contributed by atoms with Crippen molar-refractivity contribution >= 4 is 109 Å². The van der Waals surface area contributed by atoms with Crippen LogP contribution in [0.1, 0.15) is 11.1 Å². The van der Waals surface area contributed by atoms with Crippen molar-refractivity contribution in [3.8, 4) is 0 Å². The molecule has 2 rings (SSSR count). The van der Waals surface area contributed by atoms with Gasteiger partial charge in [0.2, 0.25) is 0 Å². The molecule has 0 nitrogen and oxygen atoms in total. The molecule has 0 saturated heterocycles. The SMILES string of the molecule is Cl[Si](Cl)(Cl)C([Si](Cl)(Cl)C=Cc1ccccc1)[Si](Cl)(Cl)C=Cc1ccccc1. The van der Waals surface area contributed by atoms with Gasteiger partial charge in [0.25, 0.3) is 13.4 Å². The Labute approximate surface area is 195 Å². The summed E-state index contributed by atoms with van der Waals surface area (Å²) < 4.78 is 0. The minimum atomic E-state index is -3.42. The van der Waals surface area contributed by atoms with Crippen LogP contribution in [0, 0.1) is 0 Å². The first-order valence-corrected chi connectivity index (χ1v) is 21.3. The first-order chi connectivity index (χ1) is 12.5. The summed E-state index contributed by atoms with van der Waals surface area (Å²) in [4.78, 5) is -0.755. The summed E-state index contributed by atoms with van der Waals surface area (Å²) in [7, 11) is 0. The summed E-state index contributed by atoms with van der Waals surface area (Å²) in [6.07, 6.45) is 3.65. The summed E-state index contributed by atoms with van der Waals surface area (Å²) in [5.41, 5.74) is 5.31. The second-order valence-electron chi connectivity index (χ2n) is 5.81. The second-order valence-corrected chi connectivity index (χ2v) is 29.5. The van der Waals surface area contributed by atoms with E-state index in [4.69, 9.17) is 77.6 Å². The van der Waals surface area contributed by atoms with Crippen LogP contribution in [-0.2, 0) is 0 Å². The fourth-order valence-corrected chi connectivity index (χ4v) is 40.5. The van der Waals surface area contributed by atoms with Crippen molar-refractivity contribution in [2.45, 2.75) is 4.79 Å². The van der Waals surface area contributed by atoms with E-state index in [1.165, 1.54) is 0 Å². The van der Waals surface area contributed by atoms with E-state index < -0.39 is 24.2 Å². The first-order valence-electron chi connectivity index (χ1n) is 7.83. The van der Waals surface area contributed by atoms with Crippen molar-refractivity contribution < 1.29 is 0 Å². The monoisotopic (exact) mass is 548 g/mol. The zero-order valence-corrected chi connectivity index (χ0v) is 22.1. The Morgan fingerprint density at radius 3 is 1.19 bits per heavy atom. The standard InChI is InChI=1S/C17H15Cl7Si3/c18-25(19,13-11-15-7-3-1-4-8-15)17(27(22,23)24)26(20,21)14-12-16-9-5-2-6-10-16/h1-14,17H. The number of benzene rings is 2. The zero-order chi connectivity index (χ0) is 20.1. The molecule has 0 fully saturated rings. The van der Waals surface area contributed by atoms with E-state index in [1.54, 1.807) is 11.4 Å². The number of hydrogen-bond acceptors (Lipinski definition) is 0. The average molecular weight is 552 g/mol. The number of halogens is 7. The van der Waals surface area contributed by atoms with Crippen LogP contribution in [0.25, 0.3) is 12.2 Å². The van der Waals surface area contributed by atoms with Crippen molar-refractivity contribution in [1.82, 2.24) is 0 Å². The Kier molecular flexibility index (Phi) is 8.91. The molecule has 0 bridgehead atoms. The first kappa shape index (κ1) is 23.9. The van der Waals surface area contributed by atoms with Crippen LogP contribution in [-0.4, -0.2) is 19.4 Å². The van der Waals surface area contributed by atoms with Crippen LogP contribution in [0.4, 0.5) is 0 Å². The number of rotatable bonds is 7. The molecule has 0 radical (unpaired) electrons. The molecule has 0 amide bonds. The lowest BCUT2D eigenvalue weighted by Gasteiger charge is -2.35. The molecule has 2 aromatic carbocycles. The van der Waals surface area contributed by atoms with Gasteiger partial charge in [0.05, 0.1) is 0 Å². The maximum absolute atomic E-state index is 6.73. The molecule has 0 aliphatic rings. The molecule has 144 valence electrons. The Morgan fingerprint density at radius 2 is 0.889 bits per heavy atom. The number of hydrogen-bond donors (Lipinski definition) is 0. The Morgan fingerprint density at radius 1 is 0.556 bits per heavy atom. The molecule has 0 unspecified atom stereocenters.